The minimum Gasteiger partial charge on any atom is -0.460 e. The molecule has 16 heavy (non-hydrogen) atoms. The van der Waals surface area contributed by atoms with E-state index < -0.39 is 5.97 Å². The van der Waals surface area contributed by atoms with Crippen molar-refractivity contribution in [2.24, 2.45) is 0 Å². The smallest absolute Gasteiger partial charge is 0.338 e. The summed E-state index contributed by atoms with van der Waals surface area (Å²) in [5.41, 5.74) is 1.07. The van der Waals surface area contributed by atoms with Gasteiger partial charge >= 0.3 is 5.97 Å². The van der Waals surface area contributed by atoms with Crippen LogP contribution in [-0.4, -0.2) is 32.7 Å². The predicted octanol–water partition coefficient (Wildman–Crippen LogP) is 1.06. The molecule has 1 rings (SSSR count). The summed E-state index contributed by atoms with van der Waals surface area (Å²) in [6.07, 6.45) is 0.575. The van der Waals surface area contributed by atoms with E-state index in [0.29, 0.717) is 24.3 Å². The lowest BCUT2D eigenvalue weighted by Gasteiger charge is -2.04. The van der Waals surface area contributed by atoms with E-state index in [1.165, 1.54) is 7.11 Å². The van der Waals surface area contributed by atoms with Gasteiger partial charge in [-0.1, -0.05) is 0 Å². The predicted molar refractivity (Wildman–Crippen MR) is 58.3 cm³/mol. The molecule has 0 aliphatic heterocycles. The summed E-state index contributed by atoms with van der Waals surface area (Å²) in [5, 5.41) is 2.47. The Bertz CT molecular complexity index is 348. The van der Waals surface area contributed by atoms with Crippen LogP contribution in [0.25, 0.3) is 0 Å². The van der Waals surface area contributed by atoms with E-state index in [0.717, 1.165) is 0 Å². The van der Waals surface area contributed by atoms with Crippen LogP contribution in [0.1, 0.15) is 10.4 Å². The number of ether oxygens (including phenoxy) is 2. The Morgan fingerprint density at radius 1 is 1.31 bits per heavy atom. The highest BCUT2D eigenvalue weighted by molar-refractivity contribution is 5.90. The number of amides is 1. The van der Waals surface area contributed by atoms with E-state index in [1.54, 1.807) is 24.3 Å². The lowest BCUT2D eigenvalue weighted by atomic mass is 10.2. The van der Waals surface area contributed by atoms with Gasteiger partial charge in [0.05, 0.1) is 12.2 Å². The summed E-state index contributed by atoms with van der Waals surface area (Å²) < 4.78 is 9.67. The Kier molecular flexibility index (Phi) is 5.01. The van der Waals surface area contributed by atoms with E-state index in [-0.39, 0.29) is 6.61 Å². The molecule has 0 unspecified atom stereocenters. The molecule has 1 aromatic rings. The molecule has 5 nitrogen and oxygen atoms in total. The fraction of sp³-hybridized carbons (Fsp3) is 0.273. The molecule has 0 fully saturated rings. The second-order valence-corrected chi connectivity index (χ2v) is 2.97. The monoisotopic (exact) mass is 223 g/mol. The number of nitrogens with one attached hydrogen (secondary N) is 1. The third-order valence-corrected chi connectivity index (χ3v) is 1.87. The lowest BCUT2D eigenvalue weighted by Crippen LogP contribution is -2.09. The second-order valence-electron chi connectivity index (χ2n) is 2.97. The third-order valence-electron chi connectivity index (χ3n) is 1.87. The summed E-state index contributed by atoms with van der Waals surface area (Å²) in [5.74, 6) is -0.408. The quantitative estimate of drug-likeness (QED) is 0.445. The number of hydrogen-bond donors (Lipinski definition) is 1. The van der Waals surface area contributed by atoms with Crippen LogP contribution in [0, 0.1) is 0 Å². The van der Waals surface area contributed by atoms with Gasteiger partial charge in [-0.15, -0.1) is 0 Å². The van der Waals surface area contributed by atoms with Crippen LogP contribution in [-0.2, 0) is 14.3 Å². The molecule has 0 atom stereocenters. The number of carbonyl (C=O) groups is 2. The summed E-state index contributed by atoms with van der Waals surface area (Å²) in [4.78, 5) is 21.6. The van der Waals surface area contributed by atoms with Gasteiger partial charge in [0.2, 0.25) is 6.41 Å². The van der Waals surface area contributed by atoms with Gasteiger partial charge < -0.3 is 14.8 Å². The number of rotatable bonds is 6. The molecule has 0 radical (unpaired) electrons. The number of benzene rings is 1. The Balaban J connectivity index is 2.52. The molecule has 0 spiro atoms. The van der Waals surface area contributed by atoms with E-state index in [2.05, 4.69) is 5.32 Å². The van der Waals surface area contributed by atoms with Crippen LogP contribution in [0.2, 0.25) is 0 Å². The molecule has 0 saturated carbocycles. The lowest BCUT2D eigenvalue weighted by molar-refractivity contribution is -0.105. The Labute approximate surface area is 93.4 Å². The van der Waals surface area contributed by atoms with Crippen molar-refractivity contribution in [3.63, 3.8) is 0 Å². The molecule has 1 amide bonds. The fourth-order valence-corrected chi connectivity index (χ4v) is 1.07. The Hall–Kier alpha value is -1.88. The van der Waals surface area contributed by atoms with Crippen LogP contribution in [0.15, 0.2) is 24.3 Å². The maximum atomic E-state index is 11.4. The average molecular weight is 223 g/mol. The molecule has 0 saturated heterocycles. The van der Waals surface area contributed by atoms with Crippen molar-refractivity contribution >= 4 is 18.1 Å². The molecule has 1 aromatic carbocycles. The van der Waals surface area contributed by atoms with Crippen LogP contribution >= 0.6 is 0 Å². The normalized spacial score (nSPS) is 9.56. The van der Waals surface area contributed by atoms with E-state index in [1.807, 2.05) is 0 Å². The number of methoxy groups -OCH3 is 1. The van der Waals surface area contributed by atoms with Crippen molar-refractivity contribution < 1.29 is 19.1 Å². The average Bonchev–Trinajstić information content (AvgIpc) is 2.30. The summed E-state index contributed by atoms with van der Waals surface area (Å²) in [6, 6.07) is 6.42. The van der Waals surface area contributed by atoms with Crippen molar-refractivity contribution in [3.05, 3.63) is 29.8 Å². The standard InChI is InChI=1S/C11H13NO4/c1-15-6-7-16-11(14)9-2-4-10(5-3-9)12-8-13/h2-5,8H,6-7H2,1H3,(H,12,13). The first-order valence-corrected chi connectivity index (χ1v) is 4.74. The van der Waals surface area contributed by atoms with Gasteiger partial charge in [-0.05, 0) is 24.3 Å². The minimum absolute atomic E-state index is 0.226. The molecular formula is C11H13NO4. The van der Waals surface area contributed by atoms with Crippen LogP contribution in [0.4, 0.5) is 5.69 Å². The van der Waals surface area contributed by atoms with E-state index in [4.69, 9.17) is 9.47 Å². The molecule has 0 heterocycles. The molecule has 1 N–H and O–H groups in total. The molecule has 0 bridgehead atoms. The molecule has 0 aliphatic carbocycles. The van der Waals surface area contributed by atoms with Crippen LogP contribution in [0.3, 0.4) is 0 Å². The first-order chi connectivity index (χ1) is 7.77. The highest BCUT2D eigenvalue weighted by Gasteiger charge is 2.05. The Morgan fingerprint density at radius 2 is 2.00 bits per heavy atom. The van der Waals surface area contributed by atoms with Crippen molar-refractivity contribution in [3.8, 4) is 0 Å². The van der Waals surface area contributed by atoms with Crippen molar-refractivity contribution in [2.75, 3.05) is 25.6 Å². The van der Waals surface area contributed by atoms with Crippen LogP contribution < -0.4 is 5.32 Å². The van der Waals surface area contributed by atoms with Crippen molar-refractivity contribution in [1.82, 2.24) is 0 Å². The first kappa shape index (κ1) is 12.2. The summed E-state index contributed by atoms with van der Waals surface area (Å²) in [6.45, 7) is 0.597. The van der Waals surface area contributed by atoms with Gasteiger partial charge in [0.15, 0.2) is 0 Å². The Morgan fingerprint density at radius 3 is 2.56 bits per heavy atom. The molecule has 0 aliphatic rings. The van der Waals surface area contributed by atoms with E-state index >= 15 is 0 Å². The zero-order valence-corrected chi connectivity index (χ0v) is 8.93. The maximum Gasteiger partial charge on any atom is 0.338 e. The summed E-state index contributed by atoms with van der Waals surface area (Å²) >= 11 is 0. The molecule has 5 heteroatoms. The number of hydrogen-bond acceptors (Lipinski definition) is 4. The van der Waals surface area contributed by atoms with Crippen molar-refractivity contribution in [1.29, 1.82) is 0 Å². The zero-order chi connectivity index (χ0) is 11.8. The van der Waals surface area contributed by atoms with E-state index in [9.17, 15) is 9.59 Å². The second kappa shape index (κ2) is 6.58. The van der Waals surface area contributed by atoms with Gasteiger partial charge in [-0.3, -0.25) is 4.79 Å². The topological polar surface area (TPSA) is 64.6 Å². The molecule has 86 valence electrons. The molecular weight excluding hydrogens is 210 g/mol. The third kappa shape index (κ3) is 3.70. The van der Waals surface area contributed by atoms with Gasteiger partial charge in [-0.25, -0.2) is 4.79 Å². The largest absolute Gasteiger partial charge is 0.460 e. The fourth-order valence-electron chi connectivity index (χ4n) is 1.07. The zero-order valence-electron chi connectivity index (χ0n) is 8.93. The molecule has 0 aromatic heterocycles. The number of anilines is 1. The highest BCUT2D eigenvalue weighted by Crippen LogP contribution is 2.09. The van der Waals surface area contributed by atoms with Gasteiger partial charge in [-0.2, -0.15) is 0 Å². The van der Waals surface area contributed by atoms with Gasteiger partial charge in [0, 0.05) is 12.8 Å². The van der Waals surface area contributed by atoms with Gasteiger partial charge in [0.1, 0.15) is 6.61 Å². The highest BCUT2D eigenvalue weighted by atomic mass is 16.6. The van der Waals surface area contributed by atoms with Crippen LogP contribution in [0.5, 0.6) is 0 Å². The minimum atomic E-state index is -0.408. The number of esters is 1. The SMILES string of the molecule is COCCOC(=O)c1ccc(NC=O)cc1. The maximum absolute atomic E-state index is 11.4. The van der Waals surface area contributed by atoms with Gasteiger partial charge in [0.25, 0.3) is 0 Å². The number of carbonyl (C=O) groups excluding carboxylic acids is 2. The summed E-state index contributed by atoms with van der Waals surface area (Å²) in [7, 11) is 1.54. The van der Waals surface area contributed by atoms with Crippen molar-refractivity contribution in [2.45, 2.75) is 0 Å². The first-order valence-electron chi connectivity index (χ1n) is 4.74.